The molecule has 0 heterocycles. The van der Waals surface area contributed by atoms with Crippen LogP contribution in [-0.4, -0.2) is 5.06 Å². The summed E-state index contributed by atoms with van der Waals surface area (Å²) in [6.07, 6.45) is -2.20. The topological polar surface area (TPSA) is 26.3 Å². The first-order chi connectivity index (χ1) is 14.8. The molecule has 0 aliphatic heterocycles. The van der Waals surface area contributed by atoms with Crippen molar-refractivity contribution in [3.8, 4) is 11.8 Å². The van der Waals surface area contributed by atoms with Gasteiger partial charge in [0.15, 0.2) is 0 Å². The lowest BCUT2D eigenvalue weighted by molar-refractivity contribution is -0.137. The molecule has 2 nitrogen and oxygen atoms in total. The molecule has 5 heteroatoms. The minimum absolute atomic E-state index is 0.0215. The summed E-state index contributed by atoms with van der Waals surface area (Å²) in [5, 5.41) is 13.0. The van der Waals surface area contributed by atoms with Gasteiger partial charge in [-0.15, -0.1) is 0 Å². The normalized spacial score (nSPS) is 11.3. The third-order valence-corrected chi connectivity index (χ3v) is 4.80. The molecule has 0 saturated carbocycles. The first kappa shape index (κ1) is 22.6. The zero-order chi connectivity index (χ0) is 22.3. The number of rotatable bonds is 6. The molecule has 0 saturated heterocycles. The molecule has 0 aromatic heterocycles. The second kappa shape index (κ2) is 10.3. The third kappa shape index (κ3) is 6.99. The smallest absolute Gasteiger partial charge is 0.416 e. The molecule has 0 atom stereocenters. The van der Waals surface area contributed by atoms with Gasteiger partial charge in [0.05, 0.1) is 5.56 Å². The van der Waals surface area contributed by atoms with Crippen LogP contribution in [0.5, 0.6) is 0 Å². The SMILES string of the molecule is CCCc1ccc(C#Cc2ccc(CN([O-])Cc3ccc(C(F)(F)F)cc3)cc2)cc1. The van der Waals surface area contributed by atoms with Crippen molar-refractivity contribution in [3.05, 3.63) is 111 Å². The molecular weight excluding hydrogens is 399 g/mol. The summed E-state index contributed by atoms with van der Waals surface area (Å²) in [5.74, 6) is 6.25. The van der Waals surface area contributed by atoms with Gasteiger partial charge < -0.3 is 10.3 Å². The van der Waals surface area contributed by atoms with E-state index >= 15 is 0 Å². The Balaban J connectivity index is 1.55. The predicted octanol–water partition coefficient (Wildman–Crippen LogP) is 6.56. The Hall–Kier alpha value is -3.07. The molecule has 3 aromatic carbocycles. The van der Waals surface area contributed by atoms with Crippen LogP contribution in [0.1, 0.15) is 46.7 Å². The summed E-state index contributed by atoms with van der Waals surface area (Å²) >= 11 is 0. The van der Waals surface area contributed by atoms with E-state index in [2.05, 4.69) is 30.9 Å². The highest BCUT2D eigenvalue weighted by molar-refractivity contribution is 5.44. The Bertz CT molecular complexity index is 1030. The Morgan fingerprint density at radius 2 is 1.13 bits per heavy atom. The molecule has 0 bridgehead atoms. The van der Waals surface area contributed by atoms with Crippen LogP contribution in [0.4, 0.5) is 13.2 Å². The number of nitrogens with zero attached hydrogens (tertiary/aromatic N) is 1. The van der Waals surface area contributed by atoms with Crippen molar-refractivity contribution in [2.24, 2.45) is 0 Å². The minimum Gasteiger partial charge on any atom is -0.785 e. The van der Waals surface area contributed by atoms with Crippen LogP contribution in [0.15, 0.2) is 72.8 Å². The lowest BCUT2D eigenvalue weighted by Crippen LogP contribution is -2.15. The highest BCUT2D eigenvalue weighted by Crippen LogP contribution is 2.29. The number of hydrogen-bond acceptors (Lipinski definition) is 2. The van der Waals surface area contributed by atoms with E-state index in [1.165, 1.54) is 17.7 Å². The van der Waals surface area contributed by atoms with Crippen LogP contribution in [-0.2, 0) is 25.7 Å². The van der Waals surface area contributed by atoms with E-state index in [1.807, 2.05) is 36.4 Å². The molecular formula is C26H23F3NO-. The molecule has 160 valence electrons. The fourth-order valence-electron chi connectivity index (χ4n) is 3.14. The first-order valence-corrected chi connectivity index (χ1v) is 10.1. The highest BCUT2D eigenvalue weighted by Gasteiger charge is 2.29. The molecule has 0 amide bonds. The van der Waals surface area contributed by atoms with Crippen LogP contribution in [0.3, 0.4) is 0 Å². The highest BCUT2D eigenvalue weighted by atomic mass is 19.4. The Morgan fingerprint density at radius 3 is 1.55 bits per heavy atom. The number of aryl methyl sites for hydroxylation is 1. The summed E-state index contributed by atoms with van der Waals surface area (Å²) < 4.78 is 37.8. The largest absolute Gasteiger partial charge is 0.785 e. The van der Waals surface area contributed by atoms with E-state index in [9.17, 15) is 18.4 Å². The zero-order valence-electron chi connectivity index (χ0n) is 17.2. The maximum Gasteiger partial charge on any atom is 0.416 e. The second-order valence-electron chi connectivity index (χ2n) is 7.39. The average Bonchev–Trinajstić information content (AvgIpc) is 2.74. The summed E-state index contributed by atoms with van der Waals surface area (Å²) in [4.78, 5) is 0. The molecule has 0 fully saturated rings. The lowest BCUT2D eigenvalue weighted by atomic mass is 10.1. The molecule has 3 aromatic rings. The van der Waals surface area contributed by atoms with Gasteiger partial charge in [-0.1, -0.05) is 61.6 Å². The van der Waals surface area contributed by atoms with Gasteiger partial charge in [-0.2, -0.15) is 13.2 Å². The maximum absolute atomic E-state index is 12.6. The Morgan fingerprint density at radius 1 is 0.710 bits per heavy atom. The molecule has 0 aliphatic carbocycles. The molecule has 0 aliphatic rings. The van der Waals surface area contributed by atoms with E-state index < -0.39 is 11.7 Å². The van der Waals surface area contributed by atoms with Crippen LogP contribution in [0, 0.1) is 17.0 Å². The van der Waals surface area contributed by atoms with Crippen LogP contribution < -0.4 is 0 Å². The quantitative estimate of drug-likeness (QED) is 0.332. The van der Waals surface area contributed by atoms with Crippen molar-refractivity contribution < 1.29 is 13.2 Å². The number of hydroxylamine groups is 2. The van der Waals surface area contributed by atoms with Crippen molar-refractivity contribution in [3.63, 3.8) is 0 Å². The van der Waals surface area contributed by atoms with Gasteiger partial charge >= 0.3 is 6.18 Å². The molecule has 0 unspecified atom stereocenters. The van der Waals surface area contributed by atoms with Gasteiger partial charge in [-0.3, -0.25) is 0 Å². The van der Waals surface area contributed by atoms with Crippen molar-refractivity contribution >= 4 is 0 Å². The Kier molecular flexibility index (Phi) is 7.51. The molecule has 0 spiro atoms. The second-order valence-corrected chi connectivity index (χ2v) is 7.39. The van der Waals surface area contributed by atoms with E-state index in [0.29, 0.717) is 5.56 Å². The van der Waals surface area contributed by atoms with Gasteiger partial charge in [-0.05, 0) is 59.5 Å². The Labute approximate surface area is 180 Å². The zero-order valence-corrected chi connectivity index (χ0v) is 17.2. The van der Waals surface area contributed by atoms with Gasteiger partial charge in [0.2, 0.25) is 0 Å². The monoisotopic (exact) mass is 422 g/mol. The third-order valence-electron chi connectivity index (χ3n) is 4.80. The van der Waals surface area contributed by atoms with Gasteiger partial charge in [0.1, 0.15) is 0 Å². The predicted molar refractivity (Wildman–Crippen MR) is 117 cm³/mol. The average molecular weight is 422 g/mol. The van der Waals surface area contributed by atoms with Crippen molar-refractivity contribution in [2.45, 2.75) is 39.0 Å². The number of halogens is 3. The van der Waals surface area contributed by atoms with E-state index in [1.54, 1.807) is 0 Å². The van der Waals surface area contributed by atoms with Crippen molar-refractivity contribution in [1.82, 2.24) is 5.06 Å². The summed E-state index contributed by atoms with van der Waals surface area (Å²) in [7, 11) is 0. The number of hydrogen-bond donors (Lipinski definition) is 0. The van der Waals surface area contributed by atoms with E-state index in [0.717, 1.165) is 46.7 Å². The van der Waals surface area contributed by atoms with E-state index in [4.69, 9.17) is 0 Å². The summed E-state index contributed by atoms with van der Waals surface area (Å²) in [6.45, 7) is 2.32. The summed E-state index contributed by atoms with van der Waals surface area (Å²) in [5.41, 5.74) is 3.73. The number of alkyl halides is 3. The standard InChI is InChI=1S/C26H23F3NO/c1-2-3-20-4-6-21(7-5-20)8-9-22-10-12-23(13-11-22)18-30(31)19-24-14-16-25(17-15-24)26(27,28)29/h4-7,10-17H,2-3,18-19H2,1H3/q-1. The van der Waals surface area contributed by atoms with Crippen LogP contribution in [0.2, 0.25) is 0 Å². The first-order valence-electron chi connectivity index (χ1n) is 10.1. The molecule has 0 radical (unpaired) electrons. The van der Waals surface area contributed by atoms with E-state index in [-0.39, 0.29) is 13.1 Å². The minimum atomic E-state index is -4.38. The summed E-state index contributed by atoms with van der Waals surface area (Å²) in [6, 6.07) is 20.3. The van der Waals surface area contributed by atoms with Crippen molar-refractivity contribution in [1.29, 1.82) is 0 Å². The van der Waals surface area contributed by atoms with Crippen molar-refractivity contribution in [2.75, 3.05) is 0 Å². The maximum atomic E-state index is 12.6. The lowest BCUT2D eigenvalue weighted by Gasteiger charge is -2.28. The molecule has 3 rings (SSSR count). The molecule has 0 N–H and O–H groups in total. The number of benzene rings is 3. The molecule has 31 heavy (non-hydrogen) atoms. The van der Waals surface area contributed by atoms with Gasteiger partial charge in [-0.25, -0.2) is 0 Å². The van der Waals surface area contributed by atoms with Crippen LogP contribution >= 0.6 is 0 Å². The van der Waals surface area contributed by atoms with Gasteiger partial charge in [0, 0.05) is 24.2 Å². The van der Waals surface area contributed by atoms with Crippen LogP contribution in [0.25, 0.3) is 0 Å². The van der Waals surface area contributed by atoms with Gasteiger partial charge in [0.25, 0.3) is 0 Å². The fraction of sp³-hybridized carbons (Fsp3) is 0.231. The fourth-order valence-corrected chi connectivity index (χ4v) is 3.14.